The zero-order chi connectivity index (χ0) is 8.36. The third-order valence-electron chi connectivity index (χ3n) is 1.65. The fourth-order valence-corrected chi connectivity index (χ4v) is 2.02. The number of rotatable bonds is 3. The molecule has 10 heavy (non-hydrogen) atoms. The number of hydrogen-bond acceptors (Lipinski definition) is 1. The molecule has 0 bridgehead atoms. The summed E-state index contributed by atoms with van der Waals surface area (Å²) in [6, 6.07) is 0.611. The maximum Gasteiger partial charge on any atom is 0.0712 e. The molecule has 0 amide bonds. The largest absolute Gasteiger partial charge is 0.287 e. The van der Waals surface area contributed by atoms with Crippen molar-refractivity contribution >= 4 is 15.9 Å². The number of alkyl halides is 1. The zero-order valence-electron chi connectivity index (χ0n) is 7.61. The Kier molecular flexibility index (Phi) is 3.89. The van der Waals surface area contributed by atoms with Crippen LogP contribution < -0.4 is 0 Å². The van der Waals surface area contributed by atoms with Crippen molar-refractivity contribution in [2.75, 3.05) is 6.54 Å². The van der Waals surface area contributed by atoms with Crippen LogP contribution >= 0.6 is 15.9 Å². The average molecular weight is 208 g/mol. The molecule has 0 atom stereocenters. The fraction of sp³-hybridized carbons (Fsp3) is 1.00. The Morgan fingerprint density at radius 1 is 1.40 bits per heavy atom. The molecule has 0 fully saturated rings. The van der Waals surface area contributed by atoms with E-state index in [0.29, 0.717) is 6.04 Å². The van der Waals surface area contributed by atoms with Gasteiger partial charge in [0.2, 0.25) is 0 Å². The Hall–Kier alpha value is 0.440. The summed E-state index contributed by atoms with van der Waals surface area (Å²) in [6.07, 6.45) is 0. The lowest BCUT2D eigenvalue weighted by Crippen LogP contribution is -2.43. The maximum atomic E-state index is 3.63. The van der Waals surface area contributed by atoms with Crippen LogP contribution in [0, 0.1) is 0 Å². The molecule has 0 unspecified atom stereocenters. The van der Waals surface area contributed by atoms with E-state index in [1.54, 1.807) is 0 Å². The molecule has 0 aliphatic heterocycles. The molecule has 0 aromatic carbocycles. The molecule has 0 aliphatic carbocycles. The van der Waals surface area contributed by atoms with Crippen LogP contribution in [0.25, 0.3) is 0 Å². The lowest BCUT2D eigenvalue weighted by atomic mass is 10.2. The lowest BCUT2D eigenvalue weighted by molar-refractivity contribution is 0.166. The first-order valence-corrected chi connectivity index (χ1v) is 4.64. The van der Waals surface area contributed by atoms with E-state index in [0.717, 1.165) is 6.54 Å². The van der Waals surface area contributed by atoms with Gasteiger partial charge in [-0.1, -0.05) is 22.9 Å². The van der Waals surface area contributed by atoms with Gasteiger partial charge in [0.25, 0.3) is 0 Å². The van der Waals surface area contributed by atoms with Crippen molar-refractivity contribution in [3.8, 4) is 0 Å². The Balaban J connectivity index is 4.07. The van der Waals surface area contributed by atoms with Crippen LogP contribution in [0.5, 0.6) is 0 Å². The van der Waals surface area contributed by atoms with Crippen LogP contribution in [-0.2, 0) is 0 Å². The van der Waals surface area contributed by atoms with E-state index in [4.69, 9.17) is 0 Å². The van der Waals surface area contributed by atoms with Crippen LogP contribution in [0.15, 0.2) is 0 Å². The van der Waals surface area contributed by atoms with Gasteiger partial charge in [0.15, 0.2) is 0 Å². The third-order valence-corrected chi connectivity index (χ3v) is 2.10. The predicted octanol–water partition coefficient (Wildman–Crippen LogP) is 2.85. The Labute approximate surface area is 72.9 Å². The number of nitrogens with zero attached hydrogens (tertiary/aromatic N) is 1. The minimum Gasteiger partial charge on any atom is -0.287 e. The average Bonchev–Trinajstić information content (AvgIpc) is 1.60. The second kappa shape index (κ2) is 3.72. The molecule has 0 heterocycles. The van der Waals surface area contributed by atoms with Crippen molar-refractivity contribution in [1.82, 2.24) is 4.90 Å². The van der Waals surface area contributed by atoms with Crippen molar-refractivity contribution in [2.24, 2.45) is 0 Å². The van der Waals surface area contributed by atoms with Gasteiger partial charge in [-0.3, -0.25) is 4.90 Å². The smallest absolute Gasteiger partial charge is 0.0712 e. The van der Waals surface area contributed by atoms with Crippen LogP contribution in [0.2, 0.25) is 0 Å². The lowest BCUT2D eigenvalue weighted by Gasteiger charge is -2.36. The second-order valence-electron chi connectivity index (χ2n) is 3.29. The predicted molar refractivity (Wildman–Crippen MR) is 50.5 cm³/mol. The fourth-order valence-electron chi connectivity index (χ4n) is 1.36. The first kappa shape index (κ1) is 10.4. The molecule has 0 aromatic rings. The number of hydrogen-bond donors (Lipinski definition) is 0. The minimum absolute atomic E-state index is 0.135. The molecule has 0 saturated carbocycles. The van der Waals surface area contributed by atoms with E-state index in [1.165, 1.54) is 0 Å². The van der Waals surface area contributed by atoms with E-state index in [9.17, 15) is 0 Å². The summed E-state index contributed by atoms with van der Waals surface area (Å²) in [6.45, 7) is 12.1. The van der Waals surface area contributed by atoms with Gasteiger partial charge in [0, 0.05) is 6.04 Å². The second-order valence-corrected chi connectivity index (χ2v) is 5.23. The molecular weight excluding hydrogens is 190 g/mol. The highest BCUT2D eigenvalue weighted by molar-refractivity contribution is 9.10. The molecule has 62 valence electrons. The molecule has 0 saturated heterocycles. The van der Waals surface area contributed by atoms with Gasteiger partial charge >= 0.3 is 0 Å². The monoisotopic (exact) mass is 207 g/mol. The Bertz CT molecular complexity index is 93.9. The highest BCUT2D eigenvalue weighted by atomic mass is 79.9. The normalized spacial score (nSPS) is 13.2. The molecule has 0 aromatic heterocycles. The maximum absolute atomic E-state index is 3.63. The van der Waals surface area contributed by atoms with Crippen molar-refractivity contribution in [3.05, 3.63) is 0 Å². The quantitative estimate of drug-likeness (QED) is 0.509. The summed E-state index contributed by atoms with van der Waals surface area (Å²) in [5.74, 6) is 0. The summed E-state index contributed by atoms with van der Waals surface area (Å²) < 4.78 is 0.135. The standard InChI is InChI=1S/C8H18BrN/c1-6-10(7(2)3)8(4,5)9/h7H,6H2,1-5H3. The van der Waals surface area contributed by atoms with Gasteiger partial charge in [0.1, 0.15) is 0 Å². The first-order valence-electron chi connectivity index (χ1n) is 3.85. The van der Waals surface area contributed by atoms with Crippen LogP contribution in [0.1, 0.15) is 34.6 Å². The molecule has 2 heteroatoms. The SMILES string of the molecule is CCN(C(C)C)C(C)(C)Br. The van der Waals surface area contributed by atoms with Gasteiger partial charge in [-0.05, 0) is 34.2 Å². The van der Waals surface area contributed by atoms with E-state index in [-0.39, 0.29) is 4.45 Å². The van der Waals surface area contributed by atoms with E-state index in [2.05, 4.69) is 55.4 Å². The molecule has 0 aliphatic rings. The highest BCUT2D eigenvalue weighted by Gasteiger charge is 2.23. The van der Waals surface area contributed by atoms with Crippen molar-refractivity contribution in [1.29, 1.82) is 0 Å². The summed E-state index contributed by atoms with van der Waals surface area (Å²) in [7, 11) is 0. The summed E-state index contributed by atoms with van der Waals surface area (Å²) in [5.41, 5.74) is 0. The molecular formula is C8H18BrN. The minimum atomic E-state index is 0.135. The van der Waals surface area contributed by atoms with Crippen LogP contribution in [0.3, 0.4) is 0 Å². The van der Waals surface area contributed by atoms with Gasteiger partial charge in [0.05, 0.1) is 4.45 Å². The number of halogens is 1. The van der Waals surface area contributed by atoms with Gasteiger partial charge < -0.3 is 0 Å². The summed E-state index contributed by atoms with van der Waals surface area (Å²) in [5, 5.41) is 0. The Morgan fingerprint density at radius 2 is 1.80 bits per heavy atom. The molecule has 0 N–H and O–H groups in total. The van der Waals surface area contributed by atoms with Gasteiger partial charge in [-0.25, -0.2) is 0 Å². The molecule has 1 nitrogen and oxygen atoms in total. The summed E-state index contributed by atoms with van der Waals surface area (Å²) in [4.78, 5) is 2.40. The van der Waals surface area contributed by atoms with Crippen LogP contribution in [0.4, 0.5) is 0 Å². The van der Waals surface area contributed by atoms with E-state index in [1.807, 2.05) is 0 Å². The van der Waals surface area contributed by atoms with Gasteiger partial charge in [-0.15, -0.1) is 0 Å². The summed E-state index contributed by atoms with van der Waals surface area (Å²) >= 11 is 3.63. The first-order chi connectivity index (χ1) is 4.39. The Morgan fingerprint density at radius 3 is 1.80 bits per heavy atom. The van der Waals surface area contributed by atoms with Gasteiger partial charge in [-0.2, -0.15) is 0 Å². The van der Waals surface area contributed by atoms with Crippen LogP contribution in [-0.4, -0.2) is 21.9 Å². The topological polar surface area (TPSA) is 3.24 Å². The van der Waals surface area contributed by atoms with E-state index >= 15 is 0 Å². The van der Waals surface area contributed by atoms with Crippen molar-refractivity contribution < 1.29 is 0 Å². The van der Waals surface area contributed by atoms with Crippen molar-refractivity contribution in [3.63, 3.8) is 0 Å². The zero-order valence-corrected chi connectivity index (χ0v) is 9.20. The highest BCUT2D eigenvalue weighted by Crippen LogP contribution is 2.23. The van der Waals surface area contributed by atoms with Crippen molar-refractivity contribution in [2.45, 2.75) is 45.1 Å². The molecule has 0 radical (unpaired) electrons. The third kappa shape index (κ3) is 3.02. The molecule has 0 rings (SSSR count). The molecule has 0 spiro atoms. The van der Waals surface area contributed by atoms with E-state index < -0.39 is 0 Å².